The normalized spacial score (nSPS) is 10.5. The van der Waals surface area contributed by atoms with Gasteiger partial charge in [0.15, 0.2) is 12.4 Å². The largest absolute Gasteiger partial charge is 0.452 e. The average Bonchev–Trinajstić information content (AvgIpc) is 3.30. The number of benzene rings is 1. The Hall–Kier alpha value is -3.00. The van der Waals surface area contributed by atoms with Crippen molar-refractivity contribution in [3.8, 4) is 0 Å². The molecule has 1 aromatic carbocycles. The van der Waals surface area contributed by atoms with Crippen molar-refractivity contribution in [3.05, 3.63) is 63.9 Å². The number of aromatic nitrogens is 2. The Balaban J connectivity index is 1.78. The predicted octanol–water partition coefficient (Wildman–Crippen LogP) is 3.07. The molecule has 7 nitrogen and oxygen atoms in total. The van der Waals surface area contributed by atoms with Crippen LogP contribution in [0.15, 0.2) is 46.3 Å². The number of para-hydroxylation sites is 1. The lowest BCUT2D eigenvalue weighted by Crippen LogP contribution is -2.27. The summed E-state index contributed by atoms with van der Waals surface area (Å²) in [5.41, 5.74) is 0.749. The lowest BCUT2D eigenvalue weighted by Gasteiger charge is -2.19. The van der Waals surface area contributed by atoms with Gasteiger partial charge in [-0.1, -0.05) is 23.4 Å². The van der Waals surface area contributed by atoms with E-state index in [1.807, 2.05) is 5.38 Å². The van der Waals surface area contributed by atoms with E-state index in [1.54, 1.807) is 50.4 Å². The lowest BCUT2D eigenvalue weighted by molar-refractivity contribution is 0.0430. The topological polar surface area (TPSA) is 85.5 Å². The summed E-state index contributed by atoms with van der Waals surface area (Å²) in [6.45, 7) is 1.55. The van der Waals surface area contributed by atoms with Crippen LogP contribution in [0.3, 0.4) is 0 Å². The molecule has 0 saturated carbocycles. The van der Waals surface area contributed by atoms with E-state index in [-0.39, 0.29) is 24.0 Å². The third-order valence-electron chi connectivity index (χ3n) is 3.42. The van der Waals surface area contributed by atoms with E-state index in [9.17, 15) is 9.59 Å². The van der Waals surface area contributed by atoms with Crippen molar-refractivity contribution in [2.45, 2.75) is 13.5 Å². The minimum atomic E-state index is -0.572. The Bertz CT molecular complexity index is 889. The molecule has 128 valence electrons. The number of carbonyl (C=O) groups excluding carboxylic acids is 2. The lowest BCUT2D eigenvalue weighted by atomic mass is 10.1. The summed E-state index contributed by atoms with van der Waals surface area (Å²) in [6, 6.07) is 10.3. The van der Waals surface area contributed by atoms with Crippen LogP contribution in [0.1, 0.15) is 31.7 Å². The molecule has 0 aliphatic rings. The van der Waals surface area contributed by atoms with Crippen LogP contribution >= 0.6 is 11.3 Å². The fraction of sp³-hybridized carbons (Fsp3) is 0.176. The Labute approximate surface area is 147 Å². The number of thiophene rings is 1. The number of hydrogen-bond acceptors (Lipinski definition) is 7. The molecule has 2 aromatic heterocycles. The second-order valence-electron chi connectivity index (χ2n) is 5.17. The molecule has 0 fully saturated rings. The van der Waals surface area contributed by atoms with E-state index < -0.39 is 5.97 Å². The summed E-state index contributed by atoms with van der Waals surface area (Å²) in [6.07, 6.45) is 0. The molecular weight excluding hydrogens is 342 g/mol. The first-order chi connectivity index (χ1) is 12.1. The molecule has 8 heteroatoms. The van der Waals surface area contributed by atoms with Crippen molar-refractivity contribution >= 4 is 28.9 Å². The molecule has 0 bridgehead atoms. The maximum atomic E-state index is 12.5. The van der Waals surface area contributed by atoms with Crippen molar-refractivity contribution < 1.29 is 18.8 Å². The van der Waals surface area contributed by atoms with Gasteiger partial charge in [0.2, 0.25) is 0 Å². The highest BCUT2D eigenvalue weighted by atomic mass is 32.1. The maximum absolute atomic E-state index is 12.5. The molecule has 0 N–H and O–H groups in total. The first-order valence-electron chi connectivity index (χ1n) is 7.43. The van der Waals surface area contributed by atoms with Gasteiger partial charge in [0.05, 0.1) is 16.1 Å². The Kier molecular flexibility index (Phi) is 4.90. The van der Waals surface area contributed by atoms with E-state index in [1.165, 1.54) is 16.2 Å². The number of rotatable bonds is 5. The molecule has 0 unspecified atom stereocenters. The van der Waals surface area contributed by atoms with Crippen molar-refractivity contribution in [2.24, 2.45) is 0 Å². The number of hydrogen-bond donors (Lipinski definition) is 0. The van der Waals surface area contributed by atoms with Gasteiger partial charge in [-0.05, 0) is 30.5 Å². The van der Waals surface area contributed by atoms with Crippen LogP contribution in [-0.4, -0.2) is 29.1 Å². The van der Waals surface area contributed by atoms with Gasteiger partial charge in [-0.3, -0.25) is 4.79 Å². The molecule has 1 amide bonds. The quantitative estimate of drug-likeness (QED) is 0.652. The molecule has 0 atom stereocenters. The van der Waals surface area contributed by atoms with Crippen LogP contribution in [0.2, 0.25) is 0 Å². The summed E-state index contributed by atoms with van der Waals surface area (Å²) >= 11 is 1.34. The number of nitrogens with zero attached hydrogens (tertiary/aromatic N) is 3. The number of ether oxygens (including phenoxy) is 1. The van der Waals surface area contributed by atoms with Crippen molar-refractivity contribution in [3.63, 3.8) is 0 Å². The molecule has 0 aliphatic heterocycles. The van der Waals surface area contributed by atoms with Crippen molar-refractivity contribution in [1.82, 2.24) is 10.1 Å². The van der Waals surface area contributed by atoms with Crippen LogP contribution in [-0.2, 0) is 11.3 Å². The Morgan fingerprint density at radius 1 is 1.24 bits per heavy atom. The molecular formula is C17H15N3O4S. The van der Waals surface area contributed by atoms with E-state index in [0.717, 1.165) is 0 Å². The number of anilines is 1. The number of carbonyl (C=O) groups is 2. The van der Waals surface area contributed by atoms with E-state index in [2.05, 4.69) is 10.1 Å². The Morgan fingerprint density at radius 2 is 2.04 bits per heavy atom. The van der Waals surface area contributed by atoms with Crippen molar-refractivity contribution in [2.75, 3.05) is 11.9 Å². The number of amides is 1. The minimum Gasteiger partial charge on any atom is -0.452 e. The predicted molar refractivity (Wildman–Crippen MR) is 91.6 cm³/mol. The van der Waals surface area contributed by atoms with Gasteiger partial charge in [0.25, 0.3) is 11.8 Å². The zero-order valence-electron chi connectivity index (χ0n) is 13.6. The second kappa shape index (κ2) is 7.27. The molecule has 3 rings (SSSR count). The summed E-state index contributed by atoms with van der Waals surface area (Å²) in [4.78, 5) is 30.9. The first kappa shape index (κ1) is 16.8. The van der Waals surface area contributed by atoms with Gasteiger partial charge in [-0.25, -0.2) is 4.79 Å². The van der Waals surface area contributed by atoms with Gasteiger partial charge >= 0.3 is 5.97 Å². The highest BCUT2D eigenvalue weighted by molar-refractivity contribution is 7.12. The molecule has 0 spiro atoms. The first-order valence-corrected chi connectivity index (χ1v) is 8.31. The summed E-state index contributed by atoms with van der Waals surface area (Å²) in [5.74, 6) is -0.0841. The minimum absolute atomic E-state index is 0.128. The molecule has 0 aliphatic carbocycles. The van der Waals surface area contributed by atoms with Gasteiger partial charge in [0.1, 0.15) is 0 Å². The van der Waals surface area contributed by atoms with Gasteiger partial charge < -0.3 is 14.2 Å². The van der Waals surface area contributed by atoms with E-state index in [4.69, 9.17) is 9.26 Å². The third-order valence-corrected chi connectivity index (χ3v) is 4.28. The van der Waals surface area contributed by atoms with E-state index >= 15 is 0 Å². The summed E-state index contributed by atoms with van der Waals surface area (Å²) in [7, 11) is 1.62. The molecule has 0 saturated heterocycles. The van der Waals surface area contributed by atoms with Crippen LogP contribution < -0.4 is 4.90 Å². The molecule has 3 aromatic rings. The van der Waals surface area contributed by atoms with Crippen LogP contribution in [0.5, 0.6) is 0 Å². The van der Waals surface area contributed by atoms with Gasteiger partial charge in [-0.2, -0.15) is 4.98 Å². The summed E-state index contributed by atoms with van der Waals surface area (Å²) in [5, 5.41) is 5.46. The smallest absolute Gasteiger partial charge is 0.340 e. The van der Waals surface area contributed by atoms with Gasteiger partial charge in [-0.15, -0.1) is 11.3 Å². The fourth-order valence-corrected chi connectivity index (χ4v) is 2.92. The third kappa shape index (κ3) is 3.74. The maximum Gasteiger partial charge on any atom is 0.340 e. The highest BCUT2D eigenvalue weighted by Crippen LogP contribution is 2.23. The monoisotopic (exact) mass is 357 g/mol. The van der Waals surface area contributed by atoms with Crippen LogP contribution in [0.25, 0.3) is 0 Å². The fourth-order valence-electron chi connectivity index (χ4n) is 2.22. The SMILES string of the molecule is Cc1noc(COC(=O)c2ccccc2N(C)C(=O)c2cccs2)n1. The van der Waals surface area contributed by atoms with Gasteiger partial charge in [0, 0.05) is 7.05 Å². The van der Waals surface area contributed by atoms with E-state index in [0.29, 0.717) is 16.4 Å². The number of esters is 1. The average molecular weight is 357 g/mol. The van der Waals surface area contributed by atoms with Crippen LogP contribution in [0.4, 0.5) is 5.69 Å². The second-order valence-corrected chi connectivity index (χ2v) is 6.12. The standard InChI is InChI=1S/C17H15N3O4S/c1-11-18-15(24-19-11)10-23-17(22)12-6-3-4-7-13(12)20(2)16(21)14-8-5-9-25-14/h3-9H,10H2,1-2H3. The zero-order valence-corrected chi connectivity index (χ0v) is 14.4. The zero-order chi connectivity index (χ0) is 17.8. The Morgan fingerprint density at radius 3 is 2.72 bits per heavy atom. The summed E-state index contributed by atoms with van der Waals surface area (Å²) < 4.78 is 10.1. The highest BCUT2D eigenvalue weighted by Gasteiger charge is 2.21. The molecule has 2 heterocycles. The van der Waals surface area contributed by atoms with Crippen molar-refractivity contribution in [1.29, 1.82) is 0 Å². The number of aryl methyl sites for hydroxylation is 1. The molecule has 0 radical (unpaired) electrons. The molecule has 25 heavy (non-hydrogen) atoms. The van der Waals surface area contributed by atoms with Crippen LogP contribution in [0, 0.1) is 6.92 Å².